The van der Waals surface area contributed by atoms with Crippen LogP contribution in [0.1, 0.15) is 92.6 Å². The SMILES string of the molecule is CCC(CC)(c1ccc(C#CC(C)(O)C(C)(C)C)c(C)c1)c1ccc(C(=O)N(C)CC(=O)O)c(C)c1. The number of aliphatic carboxylic acids is 1. The van der Waals surface area contributed by atoms with Crippen molar-refractivity contribution in [1.29, 1.82) is 0 Å². The van der Waals surface area contributed by atoms with Crippen LogP contribution in [-0.2, 0) is 10.2 Å². The molecule has 2 aromatic rings. The minimum absolute atomic E-state index is 0.243. The molecule has 0 saturated heterocycles. The van der Waals surface area contributed by atoms with Gasteiger partial charge >= 0.3 is 5.97 Å². The molecule has 5 nitrogen and oxygen atoms in total. The summed E-state index contributed by atoms with van der Waals surface area (Å²) in [5, 5.41) is 19.8. The lowest BCUT2D eigenvalue weighted by atomic mass is 9.69. The number of benzene rings is 2. The third kappa shape index (κ3) is 5.99. The summed E-state index contributed by atoms with van der Waals surface area (Å²) in [5.74, 6) is 4.89. The molecule has 36 heavy (non-hydrogen) atoms. The Kier molecular flexibility index (Phi) is 8.81. The van der Waals surface area contributed by atoms with Gasteiger partial charge in [-0.1, -0.05) is 70.7 Å². The number of likely N-dealkylation sites (N-methyl/N-ethyl adjacent to an activating group) is 1. The Hall–Kier alpha value is -3.10. The fourth-order valence-corrected chi connectivity index (χ4v) is 4.39. The Morgan fingerprint density at radius 3 is 1.89 bits per heavy atom. The van der Waals surface area contributed by atoms with Crippen LogP contribution < -0.4 is 0 Å². The van der Waals surface area contributed by atoms with E-state index in [-0.39, 0.29) is 23.3 Å². The molecule has 2 rings (SSSR count). The molecule has 2 aromatic carbocycles. The van der Waals surface area contributed by atoms with E-state index in [2.05, 4.69) is 43.9 Å². The summed E-state index contributed by atoms with van der Waals surface area (Å²) in [7, 11) is 1.50. The number of carbonyl (C=O) groups excluding carboxylic acids is 1. The van der Waals surface area contributed by atoms with Gasteiger partial charge in [-0.05, 0) is 68.0 Å². The van der Waals surface area contributed by atoms with Gasteiger partial charge < -0.3 is 15.1 Å². The molecule has 0 spiro atoms. The first-order valence-corrected chi connectivity index (χ1v) is 12.5. The predicted octanol–water partition coefficient (Wildman–Crippen LogP) is 5.71. The lowest BCUT2D eigenvalue weighted by Crippen LogP contribution is -2.38. The summed E-state index contributed by atoms with van der Waals surface area (Å²) >= 11 is 0. The first-order valence-electron chi connectivity index (χ1n) is 12.5. The van der Waals surface area contributed by atoms with E-state index in [1.54, 1.807) is 6.92 Å². The molecule has 194 valence electrons. The molecule has 1 atom stereocenters. The van der Waals surface area contributed by atoms with Crippen LogP contribution in [0.3, 0.4) is 0 Å². The Morgan fingerprint density at radius 2 is 1.44 bits per heavy atom. The second-order valence-electron chi connectivity index (χ2n) is 11.0. The number of hydrogen-bond donors (Lipinski definition) is 2. The Labute approximate surface area is 216 Å². The molecule has 0 saturated carbocycles. The summed E-state index contributed by atoms with van der Waals surface area (Å²) in [5.41, 5.74) is 3.87. The van der Waals surface area contributed by atoms with Gasteiger partial charge in [0.2, 0.25) is 0 Å². The zero-order chi connectivity index (χ0) is 27.5. The van der Waals surface area contributed by atoms with Crippen molar-refractivity contribution in [3.63, 3.8) is 0 Å². The molecule has 0 heterocycles. The Balaban J connectivity index is 2.50. The third-order valence-electron chi connectivity index (χ3n) is 7.62. The molecular formula is C31H41NO4. The van der Waals surface area contributed by atoms with Crippen LogP contribution in [0.25, 0.3) is 0 Å². The quantitative estimate of drug-likeness (QED) is 0.486. The molecular weight excluding hydrogens is 450 g/mol. The molecule has 0 aliphatic rings. The average molecular weight is 492 g/mol. The molecule has 0 aromatic heterocycles. The van der Waals surface area contributed by atoms with Crippen molar-refractivity contribution in [3.05, 3.63) is 69.8 Å². The van der Waals surface area contributed by atoms with Crippen LogP contribution in [0.15, 0.2) is 36.4 Å². The van der Waals surface area contributed by atoms with E-state index < -0.39 is 11.6 Å². The number of hydrogen-bond acceptors (Lipinski definition) is 3. The van der Waals surface area contributed by atoms with Crippen LogP contribution in [0.2, 0.25) is 0 Å². The lowest BCUT2D eigenvalue weighted by molar-refractivity contribution is -0.137. The second kappa shape index (κ2) is 10.9. The van der Waals surface area contributed by atoms with Gasteiger partial charge in [-0.2, -0.15) is 0 Å². The van der Waals surface area contributed by atoms with Crippen LogP contribution in [-0.4, -0.2) is 46.2 Å². The van der Waals surface area contributed by atoms with Crippen molar-refractivity contribution in [1.82, 2.24) is 4.90 Å². The van der Waals surface area contributed by atoms with Gasteiger partial charge in [-0.3, -0.25) is 9.59 Å². The first kappa shape index (κ1) is 29.1. The zero-order valence-electron chi connectivity index (χ0n) is 23.2. The topological polar surface area (TPSA) is 77.8 Å². The van der Waals surface area contributed by atoms with Crippen LogP contribution >= 0.6 is 0 Å². The van der Waals surface area contributed by atoms with Gasteiger partial charge in [0.1, 0.15) is 12.1 Å². The van der Waals surface area contributed by atoms with Crippen LogP contribution in [0.5, 0.6) is 0 Å². The van der Waals surface area contributed by atoms with Crippen molar-refractivity contribution in [2.45, 2.75) is 79.2 Å². The highest BCUT2D eigenvalue weighted by Crippen LogP contribution is 2.40. The minimum atomic E-state index is -1.11. The Morgan fingerprint density at radius 1 is 0.917 bits per heavy atom. The zero-order valence-corrected chi connectivity index (χ0v) is 23.2. The third-order valence-corrected chi connectivity index (χ3v) is 7.62. The molecule has 2 N–H and O–H groups in total. The van der Waals surface area contributed by atoms with Crippen molar-refractivity contribution >= 4 is 11.9 Å². The molecule has 0 aliphatic heterocycles. The first-order chi connectivity index (χ1) is 16.6. The maximum absolute atomic E-state index is 12.8. The molecule has 5 heteroatoms. The fraction of sp³-hybridized carbons (Fsp3) is 0.484. The summed E-state index contributed by atoms with van der Waals surface area (Å²) < 4.78 is 0. The van der Waals surface area contributed by atoms with Gasteiger partial charge in [0.05, 0.1) is 0 Å². The average Bonchev–Trinajstić information content (AvgIpc) is 2.78. The monoisotopic (exact) mass is 491 g/mol. The standard InChI is InChI=1S/C31H41NO4/c1-10-31(11-2,25-14-15-26(22(4)19-25)28(35)32(9)20-27(33)34)24-13-12-23(21(3)18-24)16-17-30(8,36)29(5,6)7/h12-15,18-19,36H,10-11,20H2,1-9H3,(H,33,34). The number of carboxylic acid groups (broad SMARTS) is 1. The fourth-order valence-electron chi connectivity index (χ4n) is 4.39. The van der Waals surface area contributed by atoms with Crippen LogP contribution in [0, 0.1) is 31.1 Å². The highest BCUT2D eigenvalue weighted by molar-refractivity contribution is 5.97. The van der Waals surface area contributed by atoms with E-state index in [0.717, 1.165) is 35.1 Å². The van der Waals surface area contributed by atoms with Crippen molar-refractivity contribution in [2.24, 2.45) is 5.41 Å². The number of carbonyl (C=O) groups is 2. The number of carboxylic acids is 1. The molecule has 0 fully saturated rings. The van der Waals surface area contributed by atoms with Gasteiger partial charge in [-0.15, -0.1) is 0 Å². The smallest absolute Gasteiger partial charge is 0.323 e. The van der Waals surface area contributed by atoms with Gasteiger partial charge in [0.15, 0.2) is 0 Å². The van der Waals surface area contributed by atoms with Crippen molar-refractivity contribution in [2.75, 3.05) is 13.6 Å². The number of amides is 1. The molecule has 0 bridgehead atoms. The number of aliphatic hydroxyl groups is 1. The summed E-state index contributed by atoms with van der Waals surface area (Å²) in [6, 6.07) is 12.2. The number of aryl methyl sites for hydroxylation is 2. The van der Waals surface area contributed by atoms with Gasteiger partial charge in [0.25, 0.3) is 5.91 Å². The largest absolute Gasteiger partial charge is 0.480 e. The minimum Gasteiger partial charge on any atom is -0.480 e. The van der Waals surface area contributed by atoms with Crippen molar-refractivity contribution < 1.29 is 19.8 Å². The molecule has 0 radical (unpaired) electrons. The molecule has 0 aliphatic carbocycles. The Bertz CT molecular complexity index is 1190. The van der Waals surface area contributed by atoms with E-state index in [1.807, 2.05) is 52.8 Å². The highest BCUT2D eigenvalue weighted by Gasteiger charge is 2.34. The van der Waals surface area contributed by atoms with E-state index in [1.165, 1.54) is 17.5 Å². The maximum atomic E-state index is 12.8. The van der Waals surface area contributed by atoms with E-state index in [4.69, 9.17) is 5.11 Å². The van der Waals surface area contributed by atoms with Crippen molar-refractivity contribution in [3.8, 4) is 11.8 Å². The number of rotatable bonds is 7. The molecule has 1 unspecified atom stereocenters. The summed E-state index contributed by atoms with van der Waals surface area (Å²) in [6.45, 7) is 15.6. The second-order valence-corrected chi connectivity index (χ2v) is 11.0. The predicted molar refractivity (Wildman–Crippen MR) is 145 cm³/mol. The lowest BCUT2D eigenvalue weighted by Gasteiger charge is -2.34. The molecule has 1 amide bonds. The van der Waals surface area contributed by atoms with E-state index in [0.29, 0.717) is 5.56 Å². The summed E-state index contributed by atoms with van der Waals surface area (Å²) in [4.78, 5) is 25.0. The highest BCUT2D eigenvalue weighted by atomic mass is 16.4. The van der Waals surface area contributed by atoms with E-state index in [9.17, 15) is 14.7 Å². The van der Waals surface area contributed by atoms with Crippen LogP contribution in [0.4, 0.5) is 0 Å². The summed E-state index contributed by atoms with van der Waals surface area (Å²) in [6.07, 6.45) is 1.75. The maximum Gasteiger partial charge on any atom is 0.323 e. The number of nitrogens with zero attached hydrogens (tertiary/aromatic N) is 1. The van der Waals surface area contributed by atoms with Gasteiger partial charge in [0, 0.05) is 29.0 Å². The van der Waals surface area contributed by atoms with E-state index >= 15 is 0 Å². The van der Waals surface area contributed by atoms with Gasteiger partial charge in [-0.25, -0.2) is 0 Å². The normalized spacial score (nSPS) is 13.4.